The Morgan fingerprint density at radius 2 is 1.70 bits per heavy atom. The number of nitrogens with zero attached hydrogens (tertiary/aromatic N) is 4. The summed E-state index contributed by atoms with van der Waals surface area (Å²) < 4.78 is 5.01. The minimum absolute atomic E-state index is 0.0345. The van der Waals surface area contributed by atoms with Crippen LogP contribution in [0.4, 0.5) is 5.69 Å². The predicted molar refractivity (Wildman–Crippen MR) is 113 cm³/mol. The summed E-state index contributed by atoms with van der Waals surface area (Å²) in [5, 5.41) is 14.7. The van der Waals surface area contributed by atoms with E-state index in [0.29, 0.717) is 11.5 Å². The number of aromatic nitrogens is 4. The third-order valence-electron chi connectivity index (χ3n) is 4.43. The molecule has 3 aromatic rings. The predicted octanol–water partition coefficient (Wildman–Crippen LogP) is 3.13. The van der Waals surface area contributed by atoms with Gasteiger partial charge in [-0.15, -0.1) is 10.2 Å². The molecule has 1 heterocycles. The van der Waals surface area contributed by atoms with Crippen LogP contribution >= 0.6 is 0 Å². The van der Waals surface area contributed by atoms with E-state index in [1.807, 2.05) is 55.5 Å². The van der Waals surface area contributed by atoms with Gasteiger partial charge in [0.25, 0.3) is 5.91 Å². The number of hydrogen-bond acceptors (Lipinski definition) is 6. The summed E-state index contributed by atoms with van der Waals surface area (Å²) in [4.78, 5) is 25.2. The Morgan fingerprint density at radius 1 is 1.03 bits per heavy atom. The van der Waals surface area contributed by atoms with Crippen LogP contribution in [0.3, 0.4) is 0 Å². The number of carbonyl (C=O) groups excluding carboxylic acids is 2. The van der Waals surface area contributed by atoms with Crippen molar-refractivity contribution in [3.05, 3.63) is 59.7 Å². The molecule has 1 N–H and O–H groups in total. The lowest BCUT2D eigenvalue weighted by Gasteiger charge is -2.19. The van der Waals surface area contributed by atoms with Gasteiger partial charge in [-0.2, -0.15) is 4.80 Å². The fourth-order valence-corrected chi connectivity index (χ4v) is 2.69. The van der Waals surface area contributed by atoms with Gasteiger partial charge in [-0.1, -0.05) is 62.7 Å². The van der Waals surface area contributed by atoms with Crippen LogP contribution in [0.25, 0.3) is 11.4 Å². The molecule has 3 rings (SSSR count). The molecule has 8 heteroatoms. The zero-order valence-corrected chi connectivity index (χ0v) is 17.5. The number of tetrazole rings is 1. The Balaban J connectivity index is 1.47. The highest BCUT2D eigenvalue weighted by Gasteiger charge is 2.14. The number of hydrogen-bond donors (Lipinski definition) is 1. The SMILES string of the molecule is Cc1ccc(-c2nnn(CC(=O)OCC(=O)Nc3ccc(C(C)(C)C)cc3)n2)cc1. The molecule has 0 bridgehead atoms. The van der Waals surface area contributed by atoms with Gasteiger partial charge in [-0.3, -0.25) is 4.79 Å². The van der Waals surface area contributed by atoms with Gasteiger partial charge in [0.05, 0.1) is 0 Å². The average Bonchev–Trinajstić information content (AvgIpc) is 3.15. The standard InChI is InChI=1S/C22H25N5O3/c1-15-5-7-16(8-6-15)21-24-26-27(25-21)13-20(29)30-14-19(28)23-18-11-9-17(10-12-18)22(2,3)4/h5-12H,13-14H2,1-4H3,(H,23,28). The van der Waals surface area contributed by atoms with Gasteiger partial charge in [-0.25, -0.2) is 4.79 Å². The van der Waals surface area contributed by atoms with Crippen molar-refractivity contribution in [3.8, 4) is 11.4 Å². The van der Waals surface area contributed by atoms with Crippen LogP contribution < -0.4 is 5.32 Å². The minimum atomic E-state index is -0.624. The van der Waals surface area contributed by atoms with Crippen molar-refractivity contribution >= 4 is 17.6 Å². The number of esters is 1. The van der Waals surface area contributed by atoms with Gasteiger partial charge in [0.2, 0.25) is 5.82 Å². The third kappa shape index (κ3) is 5.73. The zero-order chi connectivity index (χ0) is 21.7. The molecule has 0 fully saturated rings. The Morgan fingerprint density at radius 3 is 2.33 bits per heavy atom. The molecule has 0 aliphatic carbocycles. The summed E-state index contributed by atoms with van der Waals surface area (Å²) >= 11 is 0. The Hall–Kier alpha value is -3.55. The van der Waals surface area contributed by atoms with Crippen molar-refractivity contribution in [2.45, 2.75) is 39.7 Å². The molecule has 0 radical (unpaired) electrons. The van der Waals surface area contributed by atoms with Crippen molar-refractivity contribution < 1.29 is 14.3 Å². The molecule has 8 nitrogen and oxygen atoms in total. The average molecular weight is 407 g/mol. The van der Waals surface area contributed by atoms with E-state index in [4.69, 9.17) is 4.74 Å². The summed E-state index contributed by atoms with van der Waals surface area (Å²) in [6.45, 7) is 7.72. The van der Waals surface area contributed by atoms with E-state index in [1.165, 1.54) is 0 Å². The lowest BCUT2D eigenvalue weighted by molar-refractivity contribution is -0.148. The molecule has 0 spiro atoms. The first-order valence-corrected chi connectivity index (χ1v) is 9.61. The molecule has 156 valence electrons. The van der Waals surface area contributed by atoms with Gasteiger partial charge in [0, 0.05) is 11.3 Å². The summed E-state index contributed by atoms with van der Waals surface area (Å²) in [5.74, 6) is -0.626. The third-order valence-corrected chi connectivity index (χ3v) is 4.43. The minimum Gasteiger partial charge on any atom is -0.454 e. The van der Waals surface area contributed by atoms with Crippen molar-refractivity contribution in [3.63, 3.8) is 0 Å². The summed E-state index contributed by atoms with van der Waals surface area (Å²) in [6.07, 6.45) is 0. The van der Waals surface area contributed by atoms with Gasteiger partial charge < -0.3 is 10.1 Å². The van der Waals surface area contributed by atoms with E-state index in [0.717, 1.165) is 21.5 Å². The second-order valence-electron chi connectivity index (χ2n) is 8.05. The molecule has 0 atom stereocenters. The van der Waals surface area contributed by atoms with Crippen molar-refractivity contribution in [2.24, 2.45) is 0 Å². The topological polar surface area (TPSA) is 99.0 Å². The number of aryl methyl sites for hydroxylation is 1. The lowest BCUT2D eigenvalue weighted by Crippen LogP contribution is -2.23. The molecular weight excluding hydrogens is 382 g/mol. The summed E-state index contributed by atoms with van der Waals surface area (Å²) in [5.41, 5.74) is 3.77. The zero-order valence-electron chi connectivity index (χ0n) is 17.5. The highest BCUT2D eigenvalue weighted by atomic mass is 16.5. The molecule has 0 aliphatic rings. The maximum atomic E-state index is 12.0. The van der Waals surface area contributed by atoms with Crippen molar-refractivity contribution in [2.75, 3.05) is 11.9 Å². The van der Waals surface area contributed by atoms with Crippen LogP contribution in [0.15, 0.2) is 48.5 Å². The number of benzene rings is 2. The normalized spacial score (nSPS) is 11.2. The van der Waals surface area contributed by atoms with E-state index >= 15 is 0 Å². The monoisotopic (exact) mass is 407 g/mol. The second kappa shape index (κ2) is 8.86. The number of anilines is 1. The van der Waals surface area contributed by atoms with Gasteiger partial charge in [0.1, 0.15) is 0 Å². The van der Waals surface area contributed by atoms with E-state index in [9.17, 15) is 9.59 Å². The number of carbonyl (C=O) groups is 2. The van der Waals surface area contributed by atoms with Crippen LogP contribution in [0.5, 0.6) is 0 Å². The fourth-order valence-electron chi connectivity index (χ4n) is 2.69. The van der Waals surface area contributed by atoms with Gasteiger partial charge >= 0.3 is 5.97 Å². The molecule has 0 saturated heterocycles. The molecule has 2 aromatic carbocycles. The smallest absolute Gasteiger partial charge is 0.330 e. The Bertz CT molecular complexity index is 1020. The second-order valence-corrected chi connectivity index (χ2v) is 8.05. The van der Waals surface area contributed by atoms with Crippen LogP contribution in [0.2, 0.25) is 0 Å². The number of nitrogens with one attached hydrogen (secondary N) is 1. The Kier molecular flexibility index (Phi) is 6.25. The molecule has 0 aliphatic heterocycles. The fraction of sp³-hybridized carbons (Fsp3) is 0.318. The number of rotatable bonds is 6. The van der Waals surface area contributed by atoms with Crippen LogP contribution in [-0.4, -0.2) is 38.7 Å². The molecule has 1 aromatic heterocycles. The quantitative estimate of drug-likeness (QED) is 0.630. The van der Waals surface area contributed by atoms with Crippen LogP contribution in [0.1, 0.15) is 31.9 Å². The number of ether oxygens (including phenoxy) is 1. The molecule has 0 unspecified atom stereocenters. The maximum Gasteiger partial charge on any atom is 0.330 e. The van der Waals surface area contributed by atoms with E-state index in [-0.39, 0.29) is 18.6 Å². The van der Waals surface area contributed by atoms with Gasteiger partial charge in [0.15, 0.2) is 13.2 Å². The van der Waals surface area contributed by atoms with E-state index in [2.05, 4.69) is 41.5 Å². The highest BCUT2D eigenvalue weighted by molar-refractivity contribution is 5.92. The maximum absolute atomic E-state index is 12.0. The molecular formula is C22H25N5O3. The number of amides is 1. The van der Waals surface area contributed by atoms with Crippen LogP contribution in [-0.2, 0) is 26.3 Å². The van der Waals surface area contributed by atoms with E-state index < -0.39 is 11.9 Å². The highest BCUT2D eigenvalue weighted by Crippen LogP contribution is 2.23. The van der Waals surface area contributed by atoms with Gasteiger partial charge in [-0.05, 0) is 35.2 Å². The first-order chi connectivity index (χ1) is 14.2. The van der Waals surface area contributed by atoms with E-state index in [1.54, 1.807) is 0 Å². The summed E-state index contributed by atoms with van der Waals surface area (Å²) in [7, 11) is 0. The van der Waals surface area contributed by atoms with Crippen molar-refractivity contribution in [1.82, 2.24) is 20.2 Å². The Labute approximate surface area is 175 Å². The first-order valence-electron chi connectivity index (χ1n) is 9.61. The van der Waals surface area contributed by atoms with Crippen LogP contribution in [0, 0.1) is 6.92 Å². The molecule has 0 saturated carbocycles. The largest absolute Gasteiger partial charge is 0.454 e. The summed E-state index contributed by atoms with van der Waals surface area (Å²) in [6, 6.07) is 15.2. The first kappa shape index (κ1) is 21.2. The molecule has 1 amide bonds. The lowest BCUT2D eigenvalue weighted by atomic mass is 9.87. The van der Waals surface area contributed by atoms with Crippen molar-refractivity contribution in [1.29, 1.82) is 0 Å². The molecule has 30 heavy (non-hydrogen) atoms.